The van der Waals surface area contributed by atoms with E-state index in [1.165, 1.54) is 100 Å². The molecule has 0 saturated carbocycles. The lowest BCUT2D eigenvalue weighted by atomic mass is 9.76. The van der Waals surface area contributed by atoms with Crippen LogP contribution in [0.15, 0.2) is 218 Å². The summed E-state index contributed by atoms with van der Waals surface area (Å²) in [5, 5.41) is 0. The first-order valence-electron chi connectivity index (χ1n) is 30.4. The van der Waals surface area contributed by atoms with E-state index in [1.54, 1.807) is 0 Å². The Kier molecular flexibility index (Phi) is 16.7. The van der Waals surface area contributed by atoms with Crippen LogP contribution in [0.1, 0.15) is 248 Å². The van der Waals surface area contributed by atoms with Gasteiger partial charge in [0, 0.05) is 23.7 Å². The first kappa shape index (κ1) is 59.6. The summed E-state index contributed by atoms with van der Waals surface area (Å²) in [6.45, 7) is 41.5. The van der Waals surface area contributed by atoms with Gasteiger partial charge in [-0.3, -0.25) is 0 Å². The van der Waals surface area contributed by atoms with Crippen molar-refractivity contribution in [3.8, 4) is 0 Å². The molecule has 422 valence electrons. The van der Waals surface area contributed by atoms with Crippen molar-refractivity contribution in [1.29, 1.82) is 0 Å². The fourth-order valence-corrected chi connectivity index (χ4v) is 12.1. The molecule has 9 aromatic rings. The van der Waals surface area contributed by atoms with E-state index in [4.69, 9.17) is 0 Å². The Labute approximate surface area is 496 Å². The second-order valence-electron chi connectivity index (χ2n) is 30.0. The van der Waals surface area contributed by atoms with Crippen LogP contribution in [0.3, 0.4) is 0 Å². The largest absolute Gasteiger partial charge is 0.0617 e. The smallest absolute Gasteiger partial charge is 0.0340 e. The van der Waals surface area contributed by atoms with Crippen LogP contribution in [0.25, 0.3) is 0 Å². The summed E-state index contributed by atoms with van der Waals surface area (Å²) in [4.78, 5) is 0. The van der Waals surface area contributed by atoms with Gasteiger partial charge in [-0.15, -0.1) is 0 Å². The molecule has 0 heterocycles. The van der Waals surface area contributed by atoms with Crippen molar-refractivity contribution in [2.75, 3.05) is 0 Å². The fraction of sp³-hybridized carbons (Fsp3) is 0.341. The molecule has 9 rings (SSSR count). The topological polar surface area (TPSA) is 0 Å². The van der Waals surface area contributed by atoms with E-state index in [1.807, 2.05) is 0 Å². The summed E-state index contributed by atoms with van der Waals surface area (Å²) in [5.41, 5.74) is 23.8. The molecular formula is C82H94. The van der Waals surface area contributed by atoms with E-state index in [9.17, 15) is 0 Å². The zero-order chi connectivity index (χ0) is 59.2. The van der Waals surface area contributed by atoms with E-state index in [2.05, 4.69) is 343 Å². The lowest BCUT2D eigenvalue weighted by Gasteiger charge is -2.27. The molecular weight excluding hydrogens is 985 g/mol. The van der Waals surface area contributed by atoms with Gasteiger partial charge in [0.25, 0.3) is 0 Å². The van der Waals surface area contributed by atoms with E-state index in [-0.39, 0.29) is 56.2 Å². The molecule has 0 aliphatic carbocycles. The predicted molar refractivity (Wildman–Crippen MR) is 354 cm³/mol. The summed E-state index contributed by atoms with van der Waals surface area (Å²) in [7, 11) is 0. The zero-order valence-electron chi connectivity index (χ0n) is 53.1. The van der Waals surface area contributed by atoms with Crippen molar-refractivity contribution in [3.63, 3.8) is 0 Å². The molecule has 0 fully saturated rings. The monoisotopic (exact) mass is 1080 g/mol. The second-order valence-corrected chi connectivity index (χ2v) is 30.0. The van der Waals surface area contributed by atoms with Crippen LogP contribution in [-0.2, 0) is 32.5 Å². The van der Waals surface area contributed by atoms with Crippen molar-refractivity contribution >= 4 is 0 Å². The van der Waals surface area contributed by atoms with E-state index in [0.717, 1.165) is 0 Å². The van der Waals surface area contributed by atoms with Crippen LogP contribution >= 0.6 is 0 Å². The van der Waals surface area contributed by atoms with E-state index >= 15 is 0 Å². The minimum atomic E-state index is -0.0913. The van der Waals surface area contributed by atoms with Gasteiger partial charge in [-0.2, -0.15) is 0 Å². The van der Waals surface area contributed by atoms with E-state index in [0.29, 0.717) is 0 Å². The normalized spacial score (nSPS) is 13.0. The van der Waals surface area contributed by atoms with Gasteiger partial charge in [-0.05, 0) is 133 Å². The van der Waals surface area contributed by atoms with Crippen molar-refractivity contribution < 1.29 is 0 Å². The Morgan fingerprint density at radius 3 is 0.402 bits per heavy atom. The lowest BCUT2D eigenvalue weighted by molar-refractivity contribution is 0.589. The molecule has 0 nitrogen and oxygen atoms in total. The standard InChI is InChI=1S/C82H94/c1-77(2,3)67-40-28-55(29-41-67)73(56-30-42-68(43-31-56)78(4,5)6)61-22-19-25-64(52-61)76(65-26-20-23-62(53-65)74(57-32-44-69(45-33-57)79(7,8)9)58-34-46-70(47-35-58)80(10,11)12)66-27-21-24-63(54-66)75(59-36-48-71(49-37-59)81(13,14)15)60-38-50-72(51-39-60)82(16,17)18/h19-54,73-76H,1-18H3. The van der Waals surface area contributed by atoms with Gasteiger partial charge < -0.3 is 0 Å². The summed E-state index contributed by atoms with van der Waals surface area (Å²) < 4.78 is 0. The Morgan fingerprint density at radius 1 is 0.159 bits per heavy atom. The van der Waals surface area contributed by atoms with Gasteiger partial charge in [-0.25, -0.2) is 0 Å². The molecule has 0 heteroatoms. The quantitative estimate of drug-likeness (QED) is 0.107. The Bertz CT molecular complexity index is 3000. The van der Waals surface area contributed by atoms with Crippen molar-refractivity contribution in [1.82, 2.24) is 0 Å². The average molecular weight is 1080 g/mol. The molecule has 0 atom stereocenters. The molecule has 0 saturated heterocycles. The number of rotatable bonds is 12. The third-order valence-electron chi connectivity index (χ3n) is 17.4. The summed E-state index contributed by atoms with van der Waals surface area (Å²) in [6, 6.07) is 85.6. The SMILES string of the molecule is CC(C)(C)c1ccc(C(c2ccc(C(C)(C)C)cc2)c2cccc(C(c3cccc(C(c4ccc(C(C)(C)C)cc4)c4ccc(C(C)(C)C)cc4)c3)c3cccc(C(c4ccc(C(C)(C)C)cc4)c4ccc(C(C)(C)C)cc4)c3)c2)cc1. The van der Waals surface area contributed by atoms with Gasteiger partial charge >= 0.3 is 0 Å². The van der Waals surface area contributed by atoms with Gasteiger partial charge in [0.1, 0.15) is 0 Å². The van der Waals surface area contributed by atoms with E-state index < -0.39 is 0 Å². The number of hydrogen-bond donors (Lipinski definition) is 0. The fourth-order valence-electron chi connectivity index (χ4n) is 12.1. The maximum atomic E-state index is 2.53. The minimum Gasteiger partial charge on any atom is -0.0617 e. The summed E-state index contributed by atoms with van der Waals surface area (Å²) in [6.07, 6.45) is 0. The second kappa shape index (κ2) is 23.0. The lowest BCUT2D eigenvalue weighted by Crippen LogP contribution is -2.13. The van der Waals surface area contributed by atoms with Crippen molar-refractivity contribution in [2.24, 2.45) is 0 Å². The Hall–Kier alpha value is -7.02. The highest BCUT2D eigenvalue weighted by molar-refractivity contribution is 5.55. The van der Waals surface area contributed by atoms with Crippen LogP contribution in [-0.4, -0.2) is 0 Å². The molecule has 0 aromatic heterocycles. The minimum absolute atomic E-state index is 0.0225. The molecule has 0 unspecified atom stereocenters. The number of hydrogen-bond acceptors (Lipinski definition) is 0. The highest BCUT2D eigenvalue weighted by Gasteiger charge is 2.28. The van der Waals surface area contributed by atoms with Crippen LogP contribution in [0.4, 0.5) is 0 Å². The first-order valence-corrected chi connectivity index (χ1v) is 30.4. The third kappa shape index (κ3) is 13.6. The van der Waals surface area contributed by atoms with Crippen LogP contribution < -0.4 is 0 Å². The highest BCUT2D eigenvalue weighted by Crippen LogP contribution is 2.44. The Morgan fingerprint density at radius 2 is 0.280 bits per heavy atom. The molecule has 82 heavy (non-hydrogen) atoms. The zero-order valence-corrected chi connectivity index (χ0v) is 53.1. The Balaban J connectivity index is 1.27. The van der Waals surface area contributed by atoms with Gasteiger partial charge in [-0.1, -0.05) is 343 Å². The summed E-state index contributed by atoms with van der Waals surface area (Å²) >= 11 is 0. The van der Waals surface area contributed by atoms with Crippen LogP contribution in [0.2, 0.25) is 0 Å². The maximum Gasteiger partial charge on any atom is 0.0340 e. The molecule has 9 aromatic carbocycles. The average Bonchev–Trinajstić information content (AvgIpc) is 3.63. The third-order valence-corrected chi connectivity index (χ3v) is 17.4. The van der Waals surface area contributed by atoms with Crippen molar-refractivity contribution in [3.05, 3.63) is 319 Å². The molecule has 0 amide bonds. The van der Waals surface area contributed by atoms with Gasteiger partial charge in [0.05, 0.1) is 0 Å². The van der Waals surface area contributed by atoms with Crippen LogP contribution in [0, 0.1) is 0 Å². The maximum absolute atomic E-state index is 2.53. The molecule has 0 N–H and O–H groups in total. The van der Waals surface area contributed by atoms with Gasteiger partial charge in [0.15, 0.2) is 0 Å². The molecule has 0 radical (unpaired) electrons. The van der Waals surface area contributed by atoms with Gasteiger partial charge in [0.2, 0.25) is 0 Å². The molecule has 0 aliphatic rings. The van der Waals surface area contributed by atoms with Crippen molar-refractivity contribution in [2.45, 2.75) is 181 Å². The molecule has 0 spiro atoms. The molecule has 0 bridgehead atoms. The first-order chi connectivity index (χ1) is 38.4. The number of benzene rings is 9. The van der Waals surface area contributed by atoms with Crippen LogP contribution in [0.5, 0.6) is 0 Å². The summed E-state index contributed by atoms with van der Waals surface area (Å²) in [5.74, 6) is -0.0237. The highest BCUT2D eigenvalue weighted by atomic mass is 14.3. The predicted octanol–water partition coefficient (Wildman–Crippen LogP) is 22.2. The molecule has 0 aliphatic heterocycles.